The molecule has 0 bridgehead atoms. The molecule has 0 radical (unpaired) electrons. The Morgan fingerprint density at radius 3 is 2.58 bits per heavy atom. The first-order valence-electron chi connectivity index (χ1n) is 4.65. The number of aliphatic carboxylic acids is 1. The fraction of sp³-hybridized carbons (Fsp3) is 0.889. The van der Waals surface area contributed by atoms with Gasteiger partial charge in [0, 0.05) is 0 Å². The summed E-state index contributed by atoms with van der Waals surface area (Å²) in [6.45, 7) is 0. The summed E-state index contributed by atoms with van der Waals surface area (Å²) in [4.78, 5) is 10.7. The normalized spacial score (nSPS) is 26.8. The molecule has 1 heterocycles. The van der Waals surface area contributed by atoms with Crippen molar-refractivity contribution in [2.24, 2.45) is 0 Å². The van der Waals surface area contributed by atoms with E-state index in [1.807, 2.05) is 0 Å². The summed E-state index contributed by atoms with van der Waals surface area (Å²) in [6.07, 6.45) is 6.91. The van der Waals surface area contributed by atoms with Crippen molar-refractivity contribution >= 4 is 17.7 Å². The van der Waals surface area contributed by atoms with Crippen LogP contribution >= 0.6 is 11.8 Å². The molecule has 1 rings (SSSR count). The van der Waals surface area contributed by atoms with E-state index in [0.29, 0.717) is 0 Å². The van der Waals surface area contributed by atoms with Crippen molar-refractivity contribution in [2.45, 2.75) is 43.8 Å². The van der Waals surface area contributed by atoms with E-state index in [9.17, 15) is 4.79 Å². The predicted molar refractivity (Wildman–Crippen MR) is 51.6 cm³/mol. The van der Waals surface area contributed by atoms with Gasteiger partial charge >= 0.3 is 5.97 Å². The third kappa shape index (κ3) is 3.48. The van der Waals surface area contributed by atoms with E-state index in [2.05, 4.69) is 0 Å². The Kier molecular flexibility index (Phi) is 4.51. The zero-order valence-electron chi connectivity index (χ0n) is 7.29. The number of rotatable bonds is 1. The smallest absolute Gasteiger partial charge is 0.316 e. The molecule has 0 spiro atoms. The van der Waals surface area contributed by atoms with Gasteiger partial charge in [0.1, 0.15) is 5.25 Å². The maximum absolute atomic E-state index is 10.7. The van der Waals surface area contributed by atoms with Crippen LogP contribution in [0.1, 0.15) is 38.5 Å². The van der Waals surface area contributed by atoms with Crippen LogP contribution in [-0.4, -0.2) is 22.1 Å². The lowest BCUT2D eigenvalue weighted by molar-refractivity contribution is -0.136. The zero-order chi connectivity index (χ0) is 8.81. The summed E-state index contributed by atoms with van der Waals surface area (Å²) >= 11 is 1.62. The molecule has 2 nitrogen and oxygen atoms in total. The average Bonchev–Trinajstić information content (AvgIpc) is 2.15. The van der Waals surface area contributed by atoms with E-state index < -0.39 is 5.97 Å². The second-order valence-corrected chi connectivity index (χ2v) is 4.56. The monoisotopic (exact) mass is 188 g/mol. The highest BCUT2D eigenvalue weighted by Gasteiger charge is 2.17. The molecule has 1 unspecified atom stereocenters. The van der Waals surface area contributed by atoms with Gasteiger partial charge in [0.15, 0.2) is 0 Å². The first kappa shape index (κ1) is 9.90. The number of carboxylic acids is 1. The highest BCUT2D eigenvalue weighted by atomic mass is 32.2. The molecule has 1 atom stereocenters. The van der Waals surface area contributed by atoms with Gasteiger partial charge in [-0.05, 0) is 18.6 Å². The summed E-state index contributed by atoms with van der Waals surface area (Å²) in [7, 11) is 0. The second-order valence-electron chi connectivity index (χ2n) is 3.25. The molecule has 1 N–H and O–H groups in total. The minimum absolute atomic E-state index is 0.136. The lowest BCUT2D eigenvalue weighted by Gasteiger charge is -2.08. The summed E-state index contributed by atoms with van der Waals surface area (Å²) in [6, 6.07) is 0. The number of thioether (sulfide) groups is 1. The van der Waals surface area contributed by atoms with Gasteiger partial charge in [-0.2, -0.15) is 0 Å². The average molecular weight is 188 g/mol. The van der Waals surface area contributed by atoms with Crippen LogP contribution in [0, 0.1) is 0 Å². The molecule has 0 aromatic rings. The molecule has 0 aromatic heterocycles. The molecule has 70 valence electrons. The molecule has 1 aliphatic rings. The van der Waals surface area contributed by atoms with E-state index >= 15 is 0 Å². The Morgan fingerprint density at radius 2 is 1.83 bits per heavy atom. The van der Waals surface area contributed by atoms with Crippen molar-refractivity contribution in [1.29, 1.82) is 0 Å². The lowest BCUT2D eigenvalue weighted by Crippen LogP contribution is -2.16. The van der Waals surface area contributed by atoms with Crippen LogP contribution in [0.2, 0.25) is 0 Å². The molecular formula is C9H16O2S. The van der Waals surface area contributed by atoms with Crippen molar-refractivity contribution in [3.63, 3.8) is 0 Å². The van der Waals surface area contributed by atoms with Crippen LogP contribution in [0.5, 0.6) is 0 Å². The largest absolute Gasteiger partial charge is 0.480 e. The standard InChI is InChI=1S/C9H16O2S/c10-9(11)8-6-4-2-1-3-5-7-12-8/h8H,1-7H2,(H,10,11). The van der Waals surface area contributed by atoms with Crippen molar-refractivity contribution in [3.05, 3.63) is 0 Å². The molecule has 1 saturated heterocycles. The van der Waals surface area contributed by atoms with Crippen molar-refractivity contribution < 1.29 is 9.90 Å². The summed E-state index contributed by atoms with van der Waals surface area (Å²) in [5.74, 6) is 0.402. The number of hydrogen-bond acceptors (Lipinski definition) is 2. The van der Waals surface area contributed by atoms with Gasteiger partial charge in [-0.25, -0.2) is 0 Å². The highest BCUT2D eigenvalue weighted by Crippen LogP contribution is 2.22. The number of carboxylic acid groups (broad SMARTS) is 1. The summed E-state index contributed by atoms with van der Waals surface area (Å²) in [5.41, 5.74) is 0. The Morgan fingerprint density at radius 1 is 1.17 bits per heavy atom. The molecule has 12 heavy (non-hydrogen) atoms. The van der Waals surface area contributed by atoms with Gasteiger partial charge in [-0.1, -0.05) is 25.7 Å². The van der Waals surface area contributed by atoms with Gasteiger partial charge in [-0.15, -0.1) is 11.8 Å². The lowest BCUT2D eigenvalue weighted by atomic mass is 10.1. The quantitative estimate of drug-likeness (QED) is 0.687. The summed E-state index contributed by atoms with van der Waals surface area (Å²) < 4.78 is 0. The topological polar surface area (TPSA) is 37.3 Å². The molecule has 0 aliphatic carbocycles. The van der Waals surface area contributed by atoms with Gasteiger partial charge < -0.3 is 5.11 Å². The molecule has 1 aliphatic heterocycles. The van der Waals surface area contributed by atoms with E-state index in [-0.39, 0.29) is 5.25 Å². The van der Waals surface area contributed by atoms with Crippen LogP contribution in [-0.2, 0) is 4.79 Å². The Hall–Kier alpha value is -0.180. The predicted octanol–water partition coefficient (Wildman–Crippen LogP) is 2.53. The first-order valence-corrected chi connectivity index (χ1v) is 5.70. The van der Waals surface area contributed by atoms with Gasteiger partial charge in [0.05, 0.1) is 0 Å². The van der Waals surface area contributed by atoms with Crippen molar-refractivity contribution in [2.75, 3.05) is 5.75 Å². The van der Waals surface area contributed by atoms with Crippen LogP contribution < -0.4 is 0 Å². The molecule has 1 fully saturated rings. The summed E-state index contributed by atoms with van der Waals surface area (Å²) in [5, 5.41) is 8.69. The SMILES string of the molecule is O=C(O)C1CCCCCCCS1. The van der Waals surface area contributed by atoms with E-state index in [4.69, 9.17) is 5.11 Å². The zero-order valence-corrected chi connectivity index (χ0v) is 8.11. The first-order chi connectivity index (χ1) is 5.80. The van der Waals surface area contributed by atoms with Crippen molar-refractivity contribution in [3.8, 4) is 0 Å². The molecular weight excluding hydrogens is 172 g/mol. The fourth-order valence-electron chi connectivity index (χ4n) is 1.47. The van der Waals surface area contributed by atoms with Crippen molar-refractivity contribution in [1.82, 2.24) is 0 Å². The van der Waals surface area contributed by atoms with E-state index in [0.717, 1.165) is 18.6 Å². The Balaban J connectivity index is 2.33. The third-order valence-corrected chi connectivity index (χ3v) is 3.57. The maximum Gasteiger partial charge on any atom is 0.316 e. The minimum Gasteiger partial charge on any atom is -0.480 e. The maximum atomic E-state index is 10.7. The van der Waals surface area contributed by atoms with Gasteiger partial charge in [-0.3, -0.25) is 4.79 Å². The molecule has 0 amide bonds. The van der Waals surface area contributed by atoms with E-state index in [1.165, 1.54) is 25.7 Å². The van der Waals surface area contributed by atoms with E-state index in [1.54, 1.807) is 11.8 Å². The van der Waals surface area contributed by atoms with Gasteiger partial charge in [0.2, 0.25) is 0 Å². The molecule has 0 aromatic carbocycles. The highest BCUT2D eigenvalue weighted by molar-refractivity contribution is 8.00. The number of hydrogen-bond donors (Lipinski definition) is 1. The Labute approximate surface area is 77.7 Å². The van der Waals surface area contributed by atoms with Crippen LogP contribution in [0.15, 0.2) is 0 Å². The Bertz CT molecular complexity index is 137. The third-order valence-electron chi connectivity index (χ3n) is 2.21. The number of carbonyl (C=O) groups is 1. The van der Waals surface area contributed by atoms with Crippen LogP contribution in [0.4, 0.5) is 0 Å². The van der Waals surface area contributed by atoms with Gasteiger partial charge in [0.25, 0.3) is 0 Å². The second kappa shape index (κ2) is 5.46. The van der Waals surface area contributed by atoms with Crippen LogP contribution in [0.25, 0.3) is 0 Å². The fourth-order valence-corrected chi connectivity index (χ4v) is 2.60. The molecule has 3 heteroatoms. The van der Waals surface area contributed by atoms with Crippen LogP contribution in [0.3, 0.4) is 0 Å². The minimum atomic E-state index is -0.623. The molecule has 0 saturated carbocycles.